The molecule has 2 unspecified atom stereocenters. The predicted molar refractivity (Wildman–Crippen MR) is 78.1 cm³/mol. The van der Waals surface area contributed by atoms with Crippen LogP contribution in [0.15, 0.2) is 0 Å². The van der Waals surface area contributed by atoms with Crippen LogP contribution in [0.25, 0.3) is 0 Å². The van der Waals surface area contributed by atoms with Crippen molar-refractivity contribution in [1.29, 1.82) is 0 Å². The van der Waals surface area contributed by atoms with Gasteiger partial charge < -0.3 is 16.0 Å². The van der Waals surface area contributed by atoms with Crippen LogP contribution in [-0.2, 0) is 4.79 Å². The smallest absolute Gasteiger partial charge is 0.221 e. The van der Waals surface area contributed by atoms with Crippen LogP contribution >= 0.6 is 0 Å². The minimum atomic E-state index is 0.204. The lowest BCUT2D eigenvalue weighted by Crippen LogP contribution is -2.38. The number of carbonyl (C=O) groups is 1. The topological polar surface area (TPSA) is 53.2 Å². The molecule has 0 radical (unpaired) electrons. The first-order valence-corrected chi connectivity index (χ1v) is 8.00. The van der Waals surface area contributed by atoms with E-state index in [4.69, 9.17) is 0 Å². The van der Waals surface area contributed by atoms with Gasteiger partial charge in [0.15, 0.2) is 0 Å². The Labute approximate surface area is 117 Å². The fourth-order valence-electron chi connectivity index (χ4n) is 2.77. The maximum absolute atomic E-state index is 11.5. The van der Waals surface area contributed by atoms with Gasteiger partial charge in [-0.3, -0.25) is 4.79 Å². The van der Waals surface area contributed by atoms with Crippen molar-refractivity contribution in [2.45, 2.75) is 76.4 Å². The van der Waals surface area contributed by atoms with E-state index in [2.05, 4.69) is 22.9 Å². The Balaban J connectivity index is 1.52. The summed E-state index contributed by atoms with van der Waals surface area (Å²) in [5, 5.41) is 10.1. The van der Waals surface area contributed by atoms with Crippen LogP contribution in [0, 0.1) is 0 Å². The molecular formula is C15H29N3O. The van der Waals surface area contributed by atoms with Gasteiger partial charge in [-0.05, 0) is 45.6 Å². The van der Waals surface area contributed by atoms with Gasteiger partial charge in [-0.1, -0.05) is 12.8 Å². The summed E-state index contributed by atoms with van der Waals surface area (Å²) < 4.78 is 0. The molecule has 0 aromatic carbocycles. The fourth-order valence-corrected chi connectivity index (χ4v) is 2.77. The number of rotatable bonds is 7. The van der Waals surface area contributed by atoms with Gasteiger partial charge in [0.05, 0.1) is 0 Å². The average Bonchev–Trinajstić information content (AvgIpc) is 3.17. The maximum Gasteiger partial charge on any atom is 0.221 e. The first kappa shape index (κ1) is 14.8. The number of amides is 1. The zero-order valence-corrected chi connectivity index (χ0v) is 12.2. The van der Waals surface area contributed by atoms with Gasteiger partial charge in [-0.25, -0.2) is 0 Å². The van der Waals surface area contributed by atoms with Crippen LogP contribution in [0.1, 0.15) is 58.3 Å². The van der Waals surface area contributed by atoms with Gasteiger partial charge in [0.25, 0.3) is 0 Å². The minimum Gasteiger partial charge on any atom is -0.353 e. The SMILES string of the molecule is CC(CC1CCCCCN1)NCCC(=O)NC1CC1. The number of hydrogen-bond acceptors (Lipinski definition) is 3. The Morgan fingerprint density at radius 1 is 1.26 bits per heavy atom. The molecule has 2 fully saturated rings. The highest BCUT2D eigenvalue weighted by atomic mass is 16.1. The van der Waals surface area contributed by atoms with E-state index in [1.54, 1.807) is 0 Å². The first-order chi connectivity index (χ1) is 9.24. The summed E-state index contributed by atoms with van der Waals surface area (Å²) in [5.74, 6) is 0.204. The summed E-state index contributed by atoms with van der Waals surface area (Å²) in [4.78, 5) is 11.5. The summed E-state index contributed by atoms with van der Waals surface area (Å²) in [7, 11) is 0. The summed E-state index contributed by atoms with van der Waals surface area (Å²) in [6.45, 7) is 4.19. The fraction of sp³-hybridized carbons (Fsp3) is 0.933. The standard InChI is InChI=1S/C15H29N3O/c1-12(11-14-5-3-2-4-9-17-14)16-10-8-15(19)18-13-6-7-13/h12-14,16-17H,2-11H2,1H3,(H,18,19). The highest BCUT2D eigenvalue weighted by Gasteiger charge is 2.22. The molecule has 0 aromatic heterocycles. The normalized spacial score (nSPS) is 25.6. The van der Waals surface area contributed by atoms with E-state index in [0.29, 0.717) is 24.5 Å². The molecule has 110 valence electrons. The second-order valence-corrected chi connectivity index (χ2v) is 6.18. The maximum atomic E-state index is 11.5. The Morgan fingerprint density at radius 3 is 2.89 bits per heavy atom. The number of hydrogen-bond donors (Lipinski definition) is 3. The predicted octanol–water partition coefficient (Wildman–Crippen LogP) is 1.56. The van der Waals surface area contributed by atoms with Crippen molar-refractivity contribution in [1.82, 2.24) is 16.0 Å². The van der Waals surface area contributed by atoms with E-state index in [1.807, 2.05) is 0 Å². The quantitative estimate of drug-likeness (QED) is 0.656. The third-order valence-electron chi connectivity index (χ3n) is 4.09. The Kier molecular flexibility index (Phi) is 6.11. The largest absolute Gasteiger partial charge is 0.353 e. The molecule has 4 nitrogen and oxygen atoms in total. The van der Waals surface area contributed by atoms with Crippen LogP contribution in [0.2, 0.25) is 0 Å². The molecule has 4 heteroatoms. The Morgan fingerprint density at radius 2 is 2.11 bits per heavy atom. The molecule has 1 amide bonds. The number of carbonyl (C=O) groups excluding carboxylic acids is 1. The molecule has 1 heterocycles. The molecule has 1 aliphatic heterocycles. The lowest BCUT2D eigenvalue weighted by Gasteiger charge is -2.21. The lowest BCUT2D eigenvalue weighted by atomic mass is 10.0. The summed E-state index contributed by atoms with van der Waals surface area (Å²) in [6, 6.07) is 1.63. The van der Waals surface area contributed by atoms with Crippen LogP contribution in [0.3, 0.4) is 0 Å². The molecule has 19 heavy (non-hydrogen) atoms. The highest BCUT2D eigenvalue weighted by molar-refractivity contribution is 5.76. The van der Waals surface area contributed by atoms with Crippen molar-refractivity contribution in [3.05, 3.63) is 0 Å². The highest BCUT2D eigenvalue weighted by Crippen LogP contribution is 2.18. The molecule has 0 aromatic rings. The van der Waals surface area contributed by atoms with Crippen LogP contribution < -0.4 is 16.0 Å². The van der Waals surface area contributed by atoms with Crippen molar-refractivity contribution in [3.63, 3.8) is 0 Å². The van der Waals surface area contributed by atoms with Crippen molar-refractivity contribution < 1.29 is 4.79 Å². The van der Waals surface area contributed by atoms with E-state index in [1.165, 1.54) is 51.5 Å². The zero-order valence-electron chi connectivity index (χ0n) is 12.2. The van der Waals surface area contributed by atoms with Crippen molar-refractivity contribution in [3.8, 4) is 0 Å². The monoisotopic (exact) mass is 267 g/mol. The van der Waals surface area contributed by atoms with E-state index in [-0.39, 0.29) is 5.91 Å². The molecule has 0 spiro atoms. The van der Waals surface area contributed by atoms with E-state index < -0.39 is 0 Å². The molecule has 0 bridgehead atoms. The molecule has 1 saturated heterocycles. The van der Waals surface area contributed by atoms with Crippen LogP contribution in [-0.4, -0.2) is 37.1 Å². The summed E-state index contributed by atoms with van der Waals surface area (Å²) in [6.07, 6.45) is 9.46. The minimum absolute atomic E-state index is 0.204. The third kappa shape index (κ3) is 6.39. The summed E-state index contributed by atoms with van der Waals surface area (Å²) in [5.41, 5.74) is 0. The average molecular weight is 267 g/mol. The van der Waals surface area contributed by atoms with Gasteiger partial charge >= 0.3 is 0 Å². The first-order valence-electron chi connectivity index (χ1n) is 8.00. The Hall–Kier alpha value is -0.610. The van der Waals surface area contributed by atoms with Crippen molar-refractivity contribution >= 4 is 5.91 Å². The molecule has 3 N–H and O–H groups in total. The lowest BCUT2D eigenvalue weighted by molar-refractivity contribution is -0.121. The van der Waals surface area contributed by atoms with E-state index in [9.17, 15) is 4.79 Å². The molecule has 1 aliphatic carbocycles. The molecule has 2 aliphatic rings. The summed E-state index contributed by atoms with van der Waals surface area (Å²) >= 11 is 0. The van der Waals surface area contributed by atoms with Crippen molar-refractivity contribution in [2.24, 2.45) is 0 Å². The van der Waals surface area contributed by atoms with Crippen LogP contribution in [0.5, 0.6) is 0 Å². The van der Waals surface area contributed by atoms with Gasteiger partial charge in [0.2, 0.25) is 5.91 Å². The van der Waals surface area contributed by atoms with Gasteiger partial charge in [-0.15, -0.1) is 0 Å². The van der Waals surface area contributed by atoms with Crippen molar-refractivity contribution in [2.75, 3.05) is 13.1 Å². The third-order valence-corrected chi connectivity index (χ3v) is 4.09. The van der Waals surface area contributed by atoms with E-state index >= 15 is 0 Å². The second-order valence-electron chi connectivity index (χ2n) is 6.18. The Bertz CT molecular complexity index is 271. The molecule has 2 atom stereocenters. The number of nitrogens with one attached hydrogen (secondary N) is 3. The zero-order chi connectivity index (χ0) is 13.5. The molecular weight excluding hydrogens is 238 g/mol. The van der Waals surface area contributed by atoms with Gasteiger partial charge in [0.1, 0.15) is 0 Å². The van der Waals surface area contributed by atoms with Gasteiger partial charge in [0, 0.05) is 31.1 Å². The van der Waals surface area contributed by atoms with Gasteiger partial charge in [-0.2, -0.15) is 0 Å². The molecule has 1 saturated carbocycles. The molecule has 2 rings (SSSR count). The van der Waals surface area contributed by atoms with E-state index in [0.717, 1.165) is 6.54 Å². The second kappa shape index (κ2) is 7.85. The van der Waals surface area contributed by atoms with Crippen LogP contribution in [0.4, 0.5) is 0 Å².